The minimum atomic E-state index is 0.572. The molecule has 4 nitrogen and oxygen atoms in total. The molecular formula is C10H13N4S+. The van der Waals surface area contributed by atoms with Crippen molar-refractivity contribution in [1.82, 2.24) is 9.97 Å². The van der Waals surface area contributed by atoms with E-state index in [9.17, 15) is 0 Å². The number of nitrogens with two attached hydrogens (primary N) is 1. The van der Waals surface area contributed by atoms with Gasteiger partial charge in [-0.2, -0.15) is 0 Å². The van der Waals surface area contributed by atoms with Crippen LogP contribution in [0.1, 0.15) is 17.1 Å². The fourth-order valence-corrected chi connectivity index (χ4v) is 2.17. The van der Waals surface area contributed by atoms with E-state index in [0.29, 0.717) is 11.6 Å². The highest BCUT2D eigenvalue weighted by Crippen LogP contribution is 2.08. The molecule has 78 valence electrons. The molecule has 2 rings (SSSR count). The first-order valence-electron chi connectivity index (χ1n) is 4.69. The molecule has 0 aliphatic rings. The molecule has 0 spiro atoms. The number of nitrogen functional groups attached to an aromatic ring is 1. The number of nitrogens with zero attached hydrogens (tertiary/aromatic N) is 3. The standard InChI is InChI=1S/C10H13N4S/c1-7-3-4-15-14(7)6-9-5-12-8(2)13-10(9)11/h3-5H,6H2,1-2H3,(H2,11,12,13)/q+1. The number of aromatic nitrogens is 3. The molecule has 15 heavy (non-hydrogen) atoms. The zero-order valence-electron chi connectivity index (χ0n) is 8.77. The summed E-state index contributed by atoms with van der Waals surface area (Å²) in [7, 11) is 0. The largest absolute Gasteiger partial charge is 0.383 e. The molecule has 2 N–H and O–H groups in total. The lowest BCUT2D eigenvalue weighted by Crippen LogP contribution is -2.32. The van der Waals surface area contributed by atoms with E-state index in [1.54, 1.807) is 17.7 Å². The Bertz CT molecular complexity index is 478. The second-order valence-corrected chi connectivity index (χ2v) is 4.34. The molecule has 0 aromatic carbocycles. The van der Waals surface area contributed by atoms with E-state index in [1.165, 1.54) is 5.69 Å². The average molecular weight is 221 g/mol. The molecule has 0 saturated heterocycles. The van der Waals surface area contributed by atoms with Crippen LogP contribution in [0.5, 0.6) is 0 Å². The van der Waals surface area contributed by atoms with E-state index < -0.39 is 0 Å². The molecule has 2 aromatic rings. The van der Waals surface area contributed by atoms with Gasteiger partial charge in [0.25, 0.3) is 0 Å². The third-order valence-corrected chi connectivity index (χ3v) is 3.15. The smallest absolute Gasteiger partial charge is 0.193 e. The van der Waals surface area contributed by atoms with Crippen molar-refractivity contribution in [3.63, 3.8) is 0 Å². The Hall–Kier alpha value is -1.49. The summed E-state index contributed by atoms with van der Waals surface area (Å²) in [6.45, 7) is 4.65. The van der Waals surface area contributed by atoms with Crippen LogP contribution >= 0.6 is 11.5 Å². The molecule has 0 aliphatic carbocycles. The highest BCUT2D eigenvalue weighted by Gasteiger charge is 2.12. The Balaban J connectivity index is 2.29. The van der Waals surface area contributed by atoms with Gasteiger partial charge in [0.05, 0.1) is 10.9 Å². The van der Waals surface area contributed by atoms with E-state index in [-0.39, 0.29) is 0 Å². The molecule has 0 aliphatic heterocycles. The maximum absolute atomic E-state index is 5.83. The van der Waals surface area contributed by atoms with E-state index in [1.807, 2.05) is 6.92 Å². The van der Waals surface area contributed by atoms with Gasteiger partial charge in [-0.15, -0.1) is 3.96 Å². The first-order valence-corrected chi connectivity index (χ1v) is 5.53. The van der Waals surface area contributed by atoms with Crippen molar-refractivity contribution in [3.05, 3.63) is 34.7 Å². The molecule has 2 heterocycles. The summed E-state index contributed by atoms with van der Waals surface area (Å²) in [4.78, 5) is 8.29. The highest BCUT2D eigenvalue weighted by molar-refractivity contribution is 6.99. The number of anilines is 1. The van der Waals surface area contributed by atoms with Crippen LogP contribution in [0, 0.1) is 13.8 Å². The summed E-state index contributed by atoms with van der Waals surface area (Å²) in [6, 6.07) is 2.08. The summed E-state index contributed by atoms with van der Waals surface area (Å²) in [5.41, 5.74) is 8.02. The Morgan fingerprint density at radius 1 is 1.47 bits per heavy atom. The summed E-state index contributed by atoms with van der Waals surface area (Å²) in [5, 5.41) is 2.06. The molecule has 0 bridgehead atoms. The van der Waals surface area contributed by atoms with Gasteiger partial charge in [-0.3, -0.25) is 0 Å². The van der Waals surface area contributed by atoms with E-state index >= 15 is 0 Å². The van der Waals surface area contributed by atoms with Gasteiger partial charge in [0.15, 0.2) is 12.2 Å². The number of hydrogen-bond acceptors (Lipinski definition) is 4. The van der Waals surface area contributed by atoms with Gasteiger partial charge in [-0.1, -0.05) is 0 Å². The normalized spacial score (nSPS) is 10.5. The Labute approximate surface area is 92.6 Å². The van der Waals surface area contributed by atoms with Crippen molar-refractivity contribution in [3.8, 4) is 0 Å². The molecule has 5 heteroatoms. The zero-order chi connectivity index (χ0) is 10.8. The van der Waals surface area contributed by atoms with Crippen LogP contribution in [0.2, 0.25) is 0 Å². The van der Waals surface area contributed by atoms with Gasteiger partial charge in [0.2, 0.25) is 0 Å². The van der Waals surface area contributed by atoms with Gasteiger partial charge in [-0.05, 0) is 6.92 Å². The minimum Gasteiger partial charge on any atom is -0.383 e. The minimum absolute atomic E-state index is 0.572. The van der Waals surface area contributed by atoms with Crippen LogP contribution in [0.4, 0.5) is 5.82 Å². The number of rotatable bonds is 2. The van der Waals surface area contributed by atoms with Crippen molar-refractivity contribution in [2.75, 3.05) is 5.73 Å². The fourth-order valence-electron chi connectivity index (χ4n) is 1.32. The molecule has 0 atom stereocenters. The van der Waals surface area contributed by atoms with Crippen molar-refractivity contribution >= 4 is 17.4 Å². The monoisotopic (exact) mass is 221 g/mol. The van der Waals surface area contributed by atoms with Crippen molar-refractivity contribution in [2.24, 2.45) is 0 Å². The second kappa shape index (κ2) is 3.94. The van der Waals surface area contributed by atoms with Crippen molar-refractivity contribution in [1.29, 1.82) is 0 Å². The lowest BCUT2D eigenvalue weighted by Gasteiger charge is -2.00. The van der Waals surface area contributed by atoms with Gasteiger partial charge >= 0.3 is 0 Å². The van der Waals surface area contributed by atoms with Gasteiger partial charge in [-0.25, -0.2) is 9.97 Å². The van der Waals surface area contributed by atoms with Crippen molar-refractivity contribution < 1.29 is 3.96 Å². The van der Waals surface area contributed by atoms with Crippen LogP contribution < -0.4 is 9.69 Å². The lowest BCUT2D eigenvalue weighted by atomic mass is 10.3. The summed E-state index contributed by atoms with van der Waals surface area (Å²) in [5.74, 6) is 1.28. The van der Waals surface area contributed by atoms with Gasteiger partial charge in [0, 0.05) is 19.2 Å². The number of hydrogen-bond donors (Lipinski definition) is 1. The van der Waals surface area contributed by atoms with Crippen LogP contribution in [-0.2, 0) is 6.54 Å². The summed E-state index contributed by atoms with van der Waals surface area (Å²) in [6.07, 6.45) is 1.80. The maximum Gasteiger partial charge on any atom is 0.193 e. The zero-order valence-corrected chi connectivity index (χ0v) is 9.58. The topological polar surface area (TPSA) is 55.7 Å². The Morgan fingerprint density at radius 2 is 2.27 bits per heavy atom. The third-order valence-electron chi connectivity index (χ3n) is 2.22. The highest BCUT2D eigenvalue weighted by atomic mass is 32.1. The van der Waals surface area contributed by atoms with E-state index in [2.05, 4.69) is 32.3 Å². The SMILES string of the molecule is Cc1ncc(C[n+]2sccc2C)c(N)n1. The van der Waals surface area contributed by atoms with E-state index in [0.717, 1.165) is 12.1 Å². The second-order valence-electron chi connectivity index (χ2n) is 3.41. The van der Waals surface area contributed by atoms with Gasteiger partial charge in [0.1, 0.15) is 23.2 Å². The molecule has 2 aromatic heterocycles. The molecule has 0 amide bonds. The quantitative estimate of drug-likeness (QED) is 0.772. The molecule has 0 fully saturated rings. The number of aryl methyl sites for hydroxylation is 2. The third kappa shape index (κ3) is 2.12. The van der Waals surface area contributed by atoms with Crippen LogP contribution in [0.3, 0.4) is 0 Å². The molecule has 0 unspecified atom stereocenters. The summed E-state index contributed by atoms with van der Waals surface area (Å²) < 4.78 is 2.16. The van der Waals surface area contributed by atoms with Crippen LogP contribution in [-0.4, -0.2) is 9.97 Å². The average Bonchev–Trinajstić information content (AvgIpc) is 2.57. The van der Waals surface area contributed by atoms with Crippen LogP contribution in [0.25, 0.3) is 0 Å². The predicted molar refractivity (Wildman–Crippen MR) is 59.5 cm³/mol. The maximum atomic E-state index is 5.83. The summed E-state index contributed by atoms with van der Waals surface area (Å²) >= 11 is 1.66. The van der Waals surface area contributed by atoms with E-state index in [4.69, 9.17) is 5.73 Å². The molecular weight excluding hydrogens is 208 g/mol. The van der Waals surface area contributed by atoms with Crippen molar-refractivity contribution in [2.45, 2.75) is 20.4 Å². The lowest BCUT2D eigenvalue weighted by molar-refractivity contribution is -0.625. The molecule has 0 saturated carbocycles. The van der Waals surface area contributed by atoms with Crippen LogP contribution in [0.15, 0.2) is 17.6 Å². The first-order chi connectivity index (χ1) is 7.16. The predicted octanol–water partition coefficient (Wildman–Crippen LogP) is 1.07. The molecule has 0 radical (unpaired) electrons. The Morgan fingerprint density at radius 3 is 2.87 bits per heavy atom. The first kappa shape index (κ1) is 10.0. The Kier molecular flexibility index (Phi) is 2.64. The fraction of sp³-hybridized carbons (Fsp3) is 0.300. The van der Waals surface area contributed by atoms with Gasteiger partial charge < -0.3 is 5.73 Å².